The first-order chi connectivity index (χ1) is 11.6. The highest BCUT2D eigenvalue weighted by Gasteiger charge is 2.37. The largest absolute Gasteiger partial charge is 0.573 e. The summed E-state index contributed by atoms with van der Waals surface area (Å²) >= 11 is 0. The molecule has 2 aromatic carbocycles. The van der Waals surface area contributed by atoms with Crippen molar-refractivity contribution in [3.05, 3.63) is 47.5 Å². The SMILES string of the molecule is Oc1cc(OC(F)(F)F)cc(-c2cc(C(F)(F)F)cc(C(F)(F)F)c2)c1. The van der Waals surface area contributed by atoms with Gasteiger partial charge in [0.2, 0.25) is 0 Å². The highest BCUT2D eigenvalue weighted by Crippen LogP contribution is 2.40. The lowest BCUT2D eigenvalue weighted by atomic mass is 9.98. The van der Waals surface area contributed by atoms with Gasteiger partial charge in [0.15, 0.2) is 0 Å². The van der Waals surface area contributed by atoms with Gasteiger partial charge in [-0.15, -0.1) is 13.2 Å². The molecule has 0 amide bonds. The Labute approximate surface area is 139 Å². The van der Waals surface area contributed by atoms with Gasteiger partial charge in [-0.25, -0.2) is 0 Å². The van der Waals surface area contributed by atoms with Crippen molar-refractivity contribution in [1.82, 2.24) is 0 Å². The highest BCUT2D eigenvalue weighted by atomic mass is 19.4. The monoisotopic (exact) mass is 390 g/mol. The van der Waals surface area contributed by atoms with E-state index in [2.05, 4.69) is 4.74 Å². The molecule has 0 aromatic heterocycles. The normalized spacial score (nSPS) is 13.0. The number of aromatic hydroxyl groups is 1. The first-order valence-electron chi connectivity index (χ1n) is 6.55. The fourth-order valence-electron chi connectivity index (χ4n) is 2.06. The molecule has 2 rings (SSSR count). The third kappa shape index (κ3) is 4.96. The number of hydrogen-bond donors (Lipinski definition) is 1. The van der Waals surface area contributed by atoms with Crippen LogP contribution in [0, 0.1) is 0 Å². The van der Waals surface area contributed by atoms with E-state index in [9.17, 15) is 44.6 Å². The van der Waals surface area contributed by atoms with Crippen molar-refractivity contribution in [3.8, 4) is 22.6 Å². The molecular formula is C15H7F9O2. The summed E-state index contributed by atoms with van der Waals surface area (Å²) in [6.45, 7) is 0. The van der Waals surface area contributed by atoms with Crippen LogP contribution in [0.15, 0.2) is 36.4 Å². The zero-order chi connectivity index (χ0) is 19.9. The van der Waals surface area contributed by atoms with E-state index in [1.165, 1.54) is 0 Å². The quantitative estimate of drug-likeness (QED) is 0.638. The number of ether oxygens (including phenoxy) is 1. The van der Waals surface area contributed by atoms with E-state index in [-0.39, 0.29) is 6.07 Å². The number of benzene rings is 2. The van der Waals surface area contributed by atoms with Gasteiger partial charge < -0.3 is 9.84 Å². The smallest absolute Gasteiger partial charge is 0.508 e. The van der Waals surface area contributed by atoms with Crippen molar-refractivity contribution in [2.24, 2.45) is 0 Å². The molecule has 0 spiro atoms. The van der Waals surface area contributed by atoms with Gasteiger partial charge in [-0.1, -0.05) is 0 Å². The van der Waals surface area contributed by atoms with Crippen LogP contribution in [0.1, 0.15) is 11.1 Å². The fourth-order valence-corrected chi connectivity index (χ4v) is 2.06. The zero-order valence-electron chi connectivity index (χ0n) is 12.2. The molecule has 0 bridgehead atoms. The number of phenols is 1. The summed E-state index contributed by atoms with van der Waals surface area (Å²) in [5, 5.41) is 9.42. The van der Waals surface area contributed by atoms with E-state index < -0.39 is 52.5 Å². The first-order valence-corrected chi connectivity index (χ1v) is 6.55. The van der Waals surface area contributed by atoms with Crippen LogP contribution in [-0.2, 0) is 12.4 Å². The van der Waals surface area contributed by atoms with Crippen LogP contribution in [0.4, 0.5) is 39.5 Å². The third-order valence-electron chi connectivity index (χ3n) is 3.05. The van der Waals surface area contributed by atoms with Crippen LogP contribution < -0.4 is 4.74 Å². The van der Waals surface area contributed by atoms with Crippen LogP contribution in [0.25, 0.3) is 11.1 Å². The molecule has 1 N–H and O–H groups in total. The molecule has 0 atom stereocenters. The van der Waals surface area contributed by atoms with Gasteiger partial charge in [-0.3, -0.25) is 0 Å². The molecule has 2 aromatic rings. The molecule has 11 heteroatoms. The third-order valence-corrected chi connectivity index (χ3v) is 3.05. The maximum absolute atomic E-state index is 12.8. The van der Waals surface area contributed by atoms with E-state index in [1.807, 2.05) is 0 Å². The lowest BCUT2D eigenvalue weighted by molar-refractivity contribution is -0.274. The van der Waals surface area contributed by atoms with E-state index in [0.29, 0.717) is 30.3 Å². The fraction of sp³-hybridized carbons (Fsp3) is 0.200. The Balaban J connectivity index is 2.64. The van der Waals surface area contributed by atoms with Crippen LogP contribution in [-0.4, -0.2) is 11.5 Å². The number of hydrogen-bond acceptors (Lipinski definition) is 2. The summed E-state index contributed by atoms with van der Waals surface area (Å²) in [4.78, 5) is 0. The number of halogens is 9. The van der Waals surface area contributed by atoms with Crippen LogP contribution >= 0.6 is 0 Å². The molecule has 2 nitrogen and oxygen atoms in total. The van der Waals surface area contributed by atoms with Crippen LogP contribution in [0.3, 0.4) is 0 Å². The lowest BCUT2D eigenvalue weighted by Gasteiger charge is -2.15. The molecule has 0 aliphatic rings. The van der Waals surface area contributed by atoms with Crippen molar-refractivity contribution >= 4 is 0 Å². The Morgan fingerprint density at radius 3 is 1.50 bits per heavy atom. The van der Waals surface area contributed by atoms with Crippen molar-refractivity contribution < 1.29 is 49.4 Å². The highest BCUT2D eigenvalue weighted by molar-refractivity contribution is 5.69. The van der Waals surface area contributed by atoms with Gasteiger partial charge in [0.25, 0.3) is 0 Å². The summed E-state index contributed by atoms with van der Waals surface area (Å²) < 4.78 is 117. The zero-order valence-corrected chi connectivity index (χ0v) is 12.2. The molecule has 0 fully saturated rings. The standard InChI is InChI=1S/C15H7F9O2/c16-13(17,18)9-1-7(2-10(5-9)14(19,20)21)8-3-11(25)6-12(4-8)26-15(22,23)24/h1-6,25H. The molecule has 26 heavy (non-hydrogen) atoms. The van der Waals surface area contributed by atoms with Gasteiger partial charge in [-0.2, -0.15) is 26.3 Å². The average Bonchev–Trinajstić information content (AvgIpc) is 2.42. The van der Waals surface area contributed by atoms with Gasteiger partial charge in [0, 0.05) is 6.07 Å². The van der Waals surface area contributed by atoms with Crippen LogP contribution in [0.5, 0.6) is 11.5 Å². The van der Waals surface area contributed by atoms with E-state index in [0.717, 1.165) is 0 Å². The Bertz CT molecular complexity index is 772. The average molecular weight is 390 g/mol. The second kappa shape index (κ2) is 6.29. The topological polar surface area (TPSA) is 29.5 Å². The van der Waals surface area contributed by atoms with E-state index >= 15 is 0 Å². The molecule has 0 unspecified atom stereocenters. The summed E-state index contributed by atoms with van der Waals surface area (Å²) in [6, 6.07) is 2.29. The van der Waals surface area contributed by atoms with E-state index in [4.69, 9.17) is 0 Å². The minimum atomic E-state index is -5.17. The first kappa shape index (κ1) is 19.7. The predicted octanol–water partition coefficient (Wildman–Crippen LogP) is 6.00. The summed E-state index contributed by atoms with van der Waals surface area (Å²) in [6.07, 6.45) is -15.4. The number of rotatable bonds is 2. The lowest BCUT2D eigenvalue weighted by Crippen LogP contribution is -2.17. The van der Waals surface area contributed by atoms with Gasteiger partial charge >= 0.3 is 18.7 Å². The maximum atomic E-state index is 12.8. The second-order valence-electron chi connectivity index (χ2n) is 5.06. The Kier molecular flexibility index (Phi) is 4.77. The summed E-state index contributed by atoms with van der Waals surface area (Å²) in [7, 11) is 0. The molecule has 0 aliphatic carbocycles. The van der Waals surface area contributed by atoms with Crippen LogP contribution in [0.2, 0.25) is 0 Å². The number of alkyl halides is 9. The predicted molar refractivity (Wildman–Crippen MR) is 70.2 cm³/mol. The molecule has 0 heterocycles. The Hall–Kier alpha value is -2.59. The molecule has 0 saturated heterocycles. The molecule has 0 aliphatic heterocycles. The number of phenolic OH excluding ortho intramolecular Hbond substituents is 1. The second-order valence-corrected chi connectivity index (χ2v) is 5.06. The minimum absolute atomic E-state index is 0.126. The van der Waals surface area contributed by atoms with Gasteiger partial charge in [-0.05, 0) is 41.5 Å². The Morgan fingerprint density at radius 2 is 1.08 bits per heavy atom. The van der Waals surface area contributed by atoms with Crippen molar-refractivity contribution in [2.45, 2.75) is 18.7 Å². The van der Waals surface area contributed by atoms with Crippen molar-refractivity contribution in [2.75, 3.05) is 0 Å². The molecule has 0 radical (unpaired) electrons. The Morgan fingerprint density at radius 1 is 0.615 bits per heavy atom. The van der Waals surface area contributed by atoms with Crippen molar-refractivity contribution in [3.63, 3.8) is 0 Å². The summed E-state index contributed by atoms with van der Waals surface area (Å²) in [5.41, 5.74) is -4.52. The molecule has 142 valence electrons. The molecular weight excluding hydrogens is 383 g/mol. The van der Waals surface area contributed by atoms with Crippen molar-refractivity contribution in [1.29, 1.82) is 0 Å². The summed E-state index contributed by atoms with van der Waals surface area (Å²) in [5.74, 6) is -1.84. The minimum Gasteiger partial charge on any atom is -0.508 e. The molecule has 0 saturated carbocycles. The van der Waals surface area contributed by atoms with Gasteiger partial charge in [0.1, 0.15) is 11.5 Å². The van der Waals surface area contributed by atoms with E-state index in [1.54, 1.807) is 0 Å². The maximum Gasteiger partial charge on any atom is 0.573 e. The van der Waals surface area contributed by atoms with Gasteiger partial charge in [0.05, 0.1) is 11.1 Å².